The number of sulfonamides is 1. The van der Waals surface area contributed by atoms with Gasteiger partial charge in [0.1, 0.15) is 0 Å². The largest absolute Gasteiger partial charge is 0.391 e. The fourth-order valence-electron chi connectivity index (χ4n) is 4.08. The first-order valence-corrected chi connectivity index (χ1v) is 12.0. The maximum atomic E-state index is 13.0. The van der Waals surface area contributed by atoms with Gasteiger partial charge in [-0.3, -0.25) is 0 Å². The second kappa shape index (κ2) is 8.83. The minimum atomic E-state index is -3.75. The van der Waals surface area contributed by atoms with Gasteiger partial charge in [0.05, 0.1) is 17.0 Å². The van der Waals surface area contributed by atoms with Crippen molar-refractivity contribution in [3.63, 3.8) is 0 Å². The molecule has 3 aromatic rings. The van der Waals surface area contributed by atoms with Crippen molar-refractivity contribution in [1.29, 1.82) is 0 Å². The van der Waals surface area contributed by atoms with Crippen molar-refractivity contribution in [3.8, 4) is 0 Å². The van der Waals surface area contributed by atoms with E-state index in [2.05, 4.69) is 21.8 Å². The molecule has 0 fully saturated rings. The lowest BCUT2D eigenvalue weighted by Gasteiger charge is -2.22. The van der Waals surface area contributed by atoms with Gasteiger partial charge in [0.25, 0.3) is 0 Å². The molecule has 1 aliphatic rings. The molecule has 0 saturated heterocycles. The van der Waals surface area contributed by atoms with E-state index in [0.717, 1.165) is 35.3 Å². The van der Waals surface area contributed by atoms with Gasteiger partial charge in [-0.1, -0.05) is 55.5 Å². The molecular formula is C25H28N2O3S. The second-order valence-electron chi connectivity index (χ2n) is 8.09. The van der Waals surface area contributed by atoms with Crippen LogP contribution in [-0.4, -0.2) is 26.7 Å². The average molecular weight is 437 g/mol. The van der Waals surface area contributed by atoms with Crippen LogP contribution in [0.1, 0.15) is 35.2 Å². The predicted octanol–water partition coefficient (Wildman–Crippen LogP) is 3.82. The molecule has 0 spiro atoms. The predicted molar refractivity (Wildman–Crippen MR) is 124 cm³/mol. The minimum Gasteiger partial charge on any atom is -0.391 e. The zero-order valence-electron chi connectivity index (χ0n) is 17.8. The highest BCUT2D eigenvalue weighted by molar-refractivity contribution is 7.89. The third-order valence-electron chi connectivity index (χ3n) is 5.91. The Morgan fingerprint density at radius 2 is 1.71 bits per heavy atom. The molecule has 31 heavy (non-hydrogen) atoms. The number of nitrogens with one attached hydrogen (secondary N) is 1. The van der Waals surface area contributed by atoms with Crippen LogP contribution in [0.25, 0.3) is 0 Å². The molecule has 5 nitrogen and oxygen atoms in total. The number of hydrogen-bond donors (Lipinski definition) is 2. The zero-order chi connectivity index (χ0) is 22.0. The van der Waals surface area contributed by atoms with Crippen LogP contribution in [0.15, 0.2) is 77.7 Å². The highest BCUT2D eigenvalue weighted by Crippen LogP contribution is 2.35. The minimum absolute atomic E-state index is 0.211. The van der Waals surface area contributed by atoms with Crippen LogP contribution in [0.5, 0.6) is 0 Å². The standard InChI is InChI=1S/C25H28N2O3S/c1-3-18-9-13-22(14-10-18)31(29,30)26-25-23-16-21(12-11-20(23)15-24(25)28)27(2)17-19-7-5-4-6-8-19/h4-14,16,24-26,28H,3,15,17H2,1-2H3/t24-,25-/m1/s1. The molecule has 1 aliphatic carbocycles. The quantitative estimate of drug-likeness (QED) is 0.591. The van der Waals surface area contributed by atoms with E-state index >= 15 is 0 Å². The summed E-state index contributed by atoms with van der Waals surface area (Å²) in [7, 11) is -1.74. The van der Waals surface area contributed by atoms with Crippen molar-refractivity contribution >= 4 is 15.7 Å². The molecule has 0 radical (unpaired) electrons. The maximum Gasteiger partial charge on any atom is 0.241 e. The molecule has 0 bridgehead atoms. The third-order valence-corrected chi connectivity index (χ3v) is 7.36. The average Bonchev–Trinajstić information content (AvgIpc) is 3.08. The van der Waals surface area contributed by atoms with Gasteiger partial charge < -0.3 is 10.0 Å². The van der Waals surface area contributed by atoms with Crippen molar-refractivity contribution in [2.24, 2.45) is 0 Å². The molecule has 6 heteroatoms. The lowest BCUT2D eigenvalue weighted by molar-refractivity contribution is 0.151. The van der Waals surface area contributed by atoms with Gasteiger partial charge in [0, 0.05) is 25.7 Å². The second-order valence-corrected chi connectivity index (χ2v) is 9.81. The molecule has 162 valence electrons. The summed E-state index contributed by atoms with van der Waals surface area (Å²) < 4.78 is 28.7. The number of hydrogen-bond acceptors (Lipinski definition) is 4. The number of nitrogens with zero attached hydrogens (tertiary/aromatic N) is 1. The summed E-state index contributed by atoms with van der Waals surface area (Å²) in [5.74, 6) is 0. The molecule has 0 saturated carbocycles. The Bertz CT molecular complexity index is 1150. The molecule has 0 aromatic heterocycles. The van der Waals surface area contributed by atoms with Crippen molar-refractivity contribution in [3.05, 3.63) is 95.1 Å². The van der Waals surface area contributed by atoms with Crippen LogP contribution in [0, 0.1) is 0 Å². The van der Waals surface area contributed by atoms with Gasteiger partial charge >= 0.3 is 0 Å². The van der Waals surface area contributed by atoms with Gasteiger partial charge in [-0.25, -0.2) is 13.1 Å². The monoisotopic (exact) mass is 436 g/mol. The Kier molecular flexibility index (Phi) is 6.14. The Hall–Kier alpha value is -2.67. The van der Waals surface area contributed by atoms with E-state index < -0.39 is 22.2 Å². The van der Waals surface area contributed by atoms with Crippen molar-refractivity contribution < 1.29 is 13.5 Å². The first kappa shape index (κ1) is 21.6. The smallest absolute Gasteiger partial charge is 0.241 e. The molecule has 0 unspecified atom stereocenters. The lowest BCUT2D eigenvalue weighted by atomic mass is 10.1. The summed E-state index contributed by atoms with van der Waals surface area (Å²) in [6.45, 7) is 2.77. The SMILES string of the molecule is CCc1ccc(S(=O)(=O)N[C@@H]2c3cc(N(C)Cc4ccccc4)ccc3C[C@H]2O)cc1. The molecule has 0 aliphatic heterocycles. The lowest BCUT2D eigenvalue weighted by Crippen LogP contribution is -2.34. The zero-order valence-corrected chi connectivity index (χ0v) is 18.6. The van der Waals surface area contributed by atoms with Crippen LogP contribution in [0.4, 0.5) is 5.69 Å². The van der Waals surface area contributed by atoms with Gasteiger partial charge in [-0.15, -0.1) is 0 Å². The molecule has 4 rings (SSSR count). The van der Waals surface area contributed by atoms with Gasteiger partial charge in [0.15, 0.2) is 0 Å². The molecule has 2 atom stereocenters. The fourth-order valence-corrected chi connectivity index (χ4v) is 5.32. The molecule has 0 heterocycles. The highest BCUT2D eigenvalue weighted by atomic mass is 32.2. The van der Waals surface area contributed by atoms with Crippen LogP contribution < -0.4 is 9.62 Å². The van der Waals surface area contributed by atoms with E-state index in [1.807, 2.05) is 62.5 Å². The first-order valence-electron chi connectivity index (χ1n) is 10.5. The Morgan fingerprint density at radius 3 is 2.39 bits per heavy atom. The molecule has 3 aromatic carbocycles. The van der Waals surface area contributed by atoms with Crippen LogP contribution in [0.3, 0.4) is 0 Å². The van der Waals surface area contributed by atoms with E-state index in [9.17, 15) is 13.5 Å². The Labute approximate surface area is 184 Å². The number of anilines is 1. The number of benzene rings is 3. The van der Waals surface area contributed by atoms with Crippen molar-refractivity contribution in [2.75, 3.05) is 11.9 Å². The summed E-state index contributed by atoms with van der Waals surface area (Å²) >= 11 is 0. The summed E-state index contributed by atoms with van der Waals surface area (Å²) in [5.41, 5.74) is 5.06. The van der Waals surface area contributed by atoms with Gasteiger partial charge in [-0.05, 0) is 52.9 Å². The van der Waals surface area contributed by atoms with Crippen LogP contribution >= 0.6 is 0 Å². The summed E-state index contributed by atoms with van der Waals surface area (Å²) in [4.78, 5) is 2.33. The van der Waals surface area contributed by atoms with E-state index in [1.165, 1.54) is 5.56 Å². The molecule has 0 amide bonds. The van der Waals surface area contributed by atoms with Crippen molar-refractivity contribution in [1.82, 2.24) is 4.72 Å². The number of aryl methyl sites for hydroxylation is 1. The molecular weight excluding hydrogens is 408 g/mol. The third kappa shape index (κ3) is 4.66. The highest BCUT2D eigenvalue weighted by Gasteiger charge is 2.35. The molecule has 2 N–H and O–H groups in total. The summed E-state index contributed by atoms with van der Waals surface area (Å²) in [6.07, 6.45) is 0.483. The summed E-state index contributed by atoms with van der Waals surface area (Å²) in [5, 5.41) is 10.6. The number of rotatable bonds is 7. The van der Waals surface area contributed by atoms with E-state index in [4.69, 9.17) is 0 Å². The fraction of sp³-hybridized carbons (Fsp3) is 0.280. The van der Waals surface area contributed by atoms with Crippen LogP contribution in [-0.2, 0) is 29.4 Å². The van der Waals surface area contributed by atoms with E-state index in [-0.39, 0.29) is 4.90 Å². The van der Waals surface area contributed by atoms with Crippen molar-refractivity contribution in [2.45, 2.75) is 43.4 Å². The van der Waals surface area contributed by atoms with Gasteiger partial charge in [-0.2, -0.15) is 0 Å². The van der Waals surface area contributed by atoms with E-state index in [1.54, 1.807) is 12.1 Å². The number of aliphatic hydroxyl groups excluding tert-OH is 1. The Balaban J connectivity index is 1.57. The Morgan fingerprint density at radius 1 is 1.00 bits per heavy atom. The first-order chi connectivity index (χ1) is 14.9. The van der Waals surface area contributed by atoms with E-state index in [0.29, 0.717) is 6.42 Å². The van der Waals surface area contributed by atoms with Crippen LogP contribution in [0.2, 0.25) is 0 Å². The van der Waals surface area contributed by atoms with Gasteiger partial charge in [0.2, 0.25) is 10.0 Å². The normalized spacial score (nSPS) is 18.0. The summed E-state index contributed by atoms with van der Waals surface area (Å²) in [6, 6.07) is 22.4. The number of fused-ring (bicyclic) bond motifs is 1. The topological polar surface area (TPSA) is 69.6 Å². The number of aliphatic hydroxyl groups is 1. The maximum absolute atomic E-state index is 13.0.